The summed E-state index contributed by atoms with van der Waals surface area (Å²) in [5.74, 6) is 0.435. The molecule has 1 amide bonds. The zero-order chi connectivity index (χ0) is 12.1. The lowest BCUT2D eigenvalue weighted by atomic mass is 9.87. The van der Waals surface area contributed by atoms with E-state index in [1.54, 1.807) is 0 Å². The first-order chi connectivity index (χ1) is 8.86. The summed E-state index contributed by atoms with van der Waals surface area (Å²) in [6.45, 7) is 0. The number of benzene rings is 2. The van der Waals surface area contributed by atoms with Crippen molar-refractivity contribution in [3.63, 3.8) is 0 Å². The van der Waals surface area contributed by atoms with Crippen molar-refractivity contribution in [3.8, 4) is 0 Å². The Morgan fingerprint density at radius 2 is 1.67 bits per heavy atom. The van der Waals surface area contributed by atoms with Gasteiger partial charge in [-0.2, -0.15) is 0 Å². The zero-order valence-electron chi connectivity index (χ0n) is 9.91. The van der Waals surface area contributed by atoms with Gasteiger partial charge < -0.3 is 4.90 Å². The van der Waals surface area contributed by atoms with Gasteiger partial charge in [-0.1, -0.05) is 42.5 Å². The molecular weight excluding hydrogens is 222 g/mol. The summed E-state index contributed by atoms with van der Waals surface area (Å²) in [5.41, 5.74) is 3.67. The first-order valence-electron chi connectivity index (χ1n) is 6.32. The second-order valence-corrected chi connectivity index (χ2v) is 5.00. The lowest BCUT2D eigenvalue weighted by Gasteiger charge is -2.44. The standard InChI is InChI=1S/C16H13NO/c18-16-14-10-11-6-4-5-9-13(11)15(14)17(16)12-7-2-1-3-8-12/h1-9,14-15H,10H2/t14-,15+/m0/s1. The lowest BCUT2D eigenvalue weighted by molar-refractivity contribution is -0.129. The molecule has 2 atom stereocenters. The summed E-state index contributed by atoms with van der Waals surface area (Å²) < 4.78 is 0. The van der Waals surface area contributed by atoms with Crippen LogP contribution in [0.25, 0.3) is 0 Å². The van der Waals surface area contributed by atoms with Crippen LogP contribution < -0.4 is 4.90 Å². The largest absolute Gasteiger partial charge is 0.304 e. The summed E-state index contributed by atoms with van der Waals surface area (Å²) in [6, 6.07) is 18.6. The Bertz CT molecular complexity index is 620. The van der Waals surface area contributed by atoms with E-state index in [9.17, 15) is 4.79 Å². The average molecular weight is 235 g/mol. The van der Waals surface area contributed by atoms with Crippen LogP contribution in [-0.4, -0.2) is 5.91 Å². The van der Waals surface area contributed by atoms with Crippen molar-refractivity contribution in [1.82, 2.24) is 0 Å². The fourth-order valence-electron chi connectivity index (χ4n) is 3.23. The molecule has 1 aliphatic carbocycles. The van der Waals surface area contributed by atoms with Crippen LogP contribution >= 0.6 is 0 Å². The van der Waals surface area contributed by atoms with Crippen LogP contribution in [0.2, 0.25) is 0 Å². The van der Waals surface area contributed by atoms with E-state index in [2.05, 4.69) is 24.3 Å². The zero-order valence-corrected chi connectivity index (χ0v) is 9.91. The number of hydrogen-bond acceptors (Lipinski definition) is 1. The number of carbonyl (C=O) groups excluding carboxylic acids is 1. The SMILES string of the molecule is O=C1[C@H]2Cc3ccccc3[C@H]2N1c1ccccc1. The minimum absolute atomic E-state index is 0.169. The van der Waals surface area contributed by atoms with E-state index in [1.807, 2.05) is 35.2 Å². The van der Waals surface area contributed by atoms with Crippen LogP contribution in [0.4, 0.5) is 5.69 Å². The highest BCUT2D eigenvalue weighted by atomic mass is 16.2. The number of para-hydroxylation sites is 1. The minimum Gasteiger partial charge on any atom is -0.304 e. The third kappa shape index (κ3) is 1.15. The van der Waals surface area contributed by atoms with Crippen molar-refractivity contribution in [2.24, 2.45) is 5.92 Å². The quantitative estimate of drug-likeness (QED) is 0.696. The number of rotatable bonds is 1. The molecule has 0 saturated carbocycles. The van der Waals surface area contributed by atoms with Crippen LogP contribution in [0.15, 0.2) is 54.6 Å². The van der Waals surface area contributed by atoms with Crippen LogP contribution in [0, 0.1) is 5.92 Å². The fraction of sp³-hybridized carbons (Fsp3) is 0.188. The van der Waals surface area contributed by atoms with Crippen LogP contribution in [-0.2, 0) is 11.2 Å². The highest BCUT2D eigenvalue weighted by Crippen LogP contribution is 2.50. The number of anilines is 1. The number of hydrogen-bond donors (Lipinski definition) is 0. The molecule has 0 aromatic heterocycles. The van der Waals surface area contributed by atoms with Crippen molar-refractivity contribution in [2.45, 2.75) is 12.5 Å². The van der Waals surface area contributed by atoms with E-state index < -0.39 is 0 Å². The molecule has 1 fully saturated rings. The number of fused-ring (bicyclic) bond motifs is 3. The third-order valence-corrected chi connectivity index (χ3v) is 4.06. The van der Waals surface area contributed by atoms with Gasteiger partial charge >= 0.3 is 0 Å². The van der Waals surface area contributed by atoms with Gasteiger partial charge in [-0.3, -0.25) is 4.79 Å². The summed E-state index contributed by atoms with van der Waals surface area (Å²) in [5, 5.41) is 0. The van der Waals surface area contributed by atoms with Crippen LogP contribution in [0.3, 0.4) is 0 Å². The molecule has 18 heavy (non-hydrogen) atoms. The molecule has 1 aliphatic heterocycles. The van der Waals surface area contributed by atoms with Gasteiger partial charge in [-0.05, 0) is 29.7 Å². The number of nitrogens with zero attached hydrogens (tertiary/aromatic N) is 1. The molecule has 2 aromatic carbocycles. The molecular formula is C16H13NO. The van der Waals surface area contributed by atoms with E-state index in [4.69, 9.17) is 0 Å². The maximum absolute atomic E-state index is 12.2. The maximum Gasteiger partial charge on any atom is 0.233 e. The van der Waals surface area contributed by atoms with Crippen molar-refractivity contribution < 1.29 is 4.79 Å². The van der Waals surface area contributed by atoms with Gasteiger partial charge in [0.1, 0.15) is 0 Å². The first kappa shape index (κ1) is 9.89. The molecule has 2 aromatic rings. The average Bonchev–Trinajstić information content (AvgIpc) is 2.75. The Hall–Kier alpha value is -2.09. The predicted octanol–water partition coefficient (Wildman–Crippen LogP) is 2.95. The predicted molar refractivity (Wildman–Crippen MR) is 70.3 cm³/mol. The lowest BCUT2D eigenvalue weighted by Crippen LogP contribution is -2.53. The second kappa shape index (κ2) is 3.45. The fourth-order valence-corrected chi connectivity index (χ4v) is 3.23. The molecule has 0 radical (unpaired) electrons. The molecule has 88 valence electrons. The molecule has 0 unspecified atom stereocenters. The molecule has 0 spiro atoms. The van der Waals surface area contributed by atoms with Gasteiger partial charge in [-0.15, -0.1) is 0 Å². The van der Waals surface area contributed by atoms with E-state index in [0.717, 1.165) is 12.1 Å². The smallest absolute Gasteiger partial charge is 0.233 e. The summed E-state index contributed by atoms with van der Waals surface area (Å²) in [7, 11) is 0. The number of amides is 1. The van der Waals surface area contributed by atoms with E-state index in [-0.39, 0.29) is 17.9 Å². The van der Waals surface area contributed by atoms with Crippen molar-refractivity contribution >= 4 is 11.6 Å². The van der Waals surface area contributed by atoms with E-state index in [1.165, 1.54) is 11.1 Å². The van der Waals surface area contributed by atoms with Gasteiger partial charge in [0.15, 0.2) is 0 Å². The maximum atomic E-state index is 12.2. The topological polar surface area (TPSA) is 20.3 Å². The highest BCUT2D eigenvalue weighted by Gasteiger charge is 2.52. The number of β-lactam (4-membered cyclic amide) rings is 1. The van der Waals surface area contributed by atoms with Gasteiger partial charge in [0.05, 0.1) is 12.0 Å². The monoisotopic (exact) mass is 235 g/mol. The molecule has 1 saturated heterocycles. The number of carbonyl (C=O) groups is 1. The summed E-state index contributed by atoms with van der Waals surface area (Å²) in [6.07, 6.45) is 0.906. The van der Waals surface area contributed by atoms with Gasteiger partial charge in [0.25, 0.3) is 0 Å². The summed E-state index contributed by atoms with van der Waals surface area (Å²) >= 11 is 0. The van der Waals surface area contributed by atoms with E-state index >= 15 is 0 Å². The minimum atomic E-state index is 0.169. The second-order valence-electron chi connectivity index (χ2n) is 5.00. The third-order valence-electron chi connectivity index (χ3n) is 4.06. The Labute approximate surface area is 106 Å². The highest BCUT2D eigenvalue weighted by molar-refractivity contribution is 6.04. The molecule has 2 aliphatic rings. The van der Waals surface area contributed by atoms with Crippen molar-refractivity contribution in [3.05, 3.63) is 65.7 Å². The molecule has 2 nitrogen and oxygen atoms in total. The normalized spacial score (nSPS) is 24.4. The van der Waals surface area contributed by atoms with Crippen LogP contribution in [0.5, 0.6) is 0 Å². The summed E-state index contributed by atoms with van der Waals surface area (Å²) in [4.78, 5) is 14.2. The van der Waals surface area contributed by atoms with Crippen LogP contribution in [0.1, 0.15) is 17.2 Å². The Morgan fingerprint density at radius 1 is 0.944 bits per heavy atom. The molecule has 0 N–H and O–H groups in total. The molecule has 1 heterocycles. The van der Waals surface area contributed by atoms with Gasteiger partial charge in [-0.25, -0.2) is 0 Å². The Balaban J connectivity index is 1.79. The van der Waals surface area contributed by atoms with Gasteiger partial charge in [0.2, 0.25) is 5.91 Å². The molecule has 4 rings (SSSR count). The Morgan fingerprint density at radius 3 is 2.50 bits per heavy atom. The van der Waals surface area contributed by atoms with Crippen molar-refractivity contribution in [2.75, 3.05) is 4.90 Å². The van der Waals surface area contributed by atoms with Crippen molar-refractivity contribution in [1.29, 1.82) is 0 Å². The Kier molecular flexibility index (Phi) is 1.90. The van der Waals surface area contributed by atoms with Gasteiger partial charge in [0, 0.05) is 5.69 Å². The first-order valence-corrected chi connectivity index (χ1v) is 6.32. The molecule has 2 heteroatoms. The van der Waals surface area contributed by atoms with E-state index in [0.29, 0.717) is 0 Å². The molecule has 0 bridgehead atoms.